The number of hydrogen-bond donors (Lipinski definition) is 0. The first kappa shape index (κ1) is 31.4. The monoisotopic (exact) mass is 617 g/mol. The summed E-state index contributed by atoms with van der Waals surface area (Å²) < 4.78 is 55.1. The van der Waals surface area contributed by atoms with Crippen molar-refractivity contribution < 1.29 is 22.1 Å². The molecule has 3 aliphatic carbocycles. The summed E-state index contributed by atoms with van der Waals surface area (Å²) in [6.45, 7) is 11.5. The number of nitrogens with zero attached hydrogens (tertiary/aromatic N) is 1. The van der Waals surface area contributed by atoms with Gasteiger partial charge in [-0.1, -0.05) is 78.9 Å². The molecule has 0 radical (unpaired) electrons. The van der Waals surface area contributed by atoms with E-state index in [4.69, 9.17) is 13.9 Å². The van der Waals surface area contributed by atoms with Gasteiger partial charge in [0.25, 0.3) is 0 Å². The van der Waals surface area contributed by atoms with Crippen LogP contribution in [0, 0.1) is 5.41 Å². The molecule has 1 spiro atoms. The zero-order valence-corrected chi connectivity index (χ0v) is 27.9. The molecule has 0 saturated heterocycles. The molecule has 0 bridgehead atoms. The van der Waals surface area contributed by atoms with E-state index < -0.39 is 33.8 Å². The second-order valence-electron chi connectivity index (χ2n) is 15.8. The van der Waals surface area contributed by atoms with Crippen LogP contribution in [-0.2, 0) is 27.1 Å². The lowest BCUT2D eigenvalue weighted by molar-refractivity contribution is -0.137. The molecule has 2 saturated carbocycles. The maximum atomic E-state index is 13.6. The van der Waals surface area contributed by atoms with Crippen LogP contribution in [0.5, 0.6) is 0 Å². The van der Waals surface area contributed by atoms with Crippen molar-refractivity contribution in [3.63, 3.8) is 0 Å². The van der Waals surface area contributed by atoms with E-state index in [1.165, 1.54) is 48.2 Å². The molecular weight excluding hydrogens is 567 g/mol. The zero-order valence-electron chi connectivity index (χ0n) is 27.1. The third-order valence-electron chi connectivity index (χ3n) is 10.9. The molecule has 2 aromatic rings. The van der Waals surface area contributed by atoms with Gasteiger partial charge in [0.15, 0.2) is 0 Å². The molecule has 43 heavy (non-hydrogen) atoms. The summed E-state index contributed by atoms with van der Waals surface area (Å²) in [5, 5.41) is 0. The van der Waals surface area contributed by atoms with Crippen molar-refractivity contribution in [1.82, 2.24) is 4.98 Å². The Morgan fingerprint density at radius 3 is 2.09 bits per heavy atom. The average Bonchev–Trinajstić information content (AvgIpc) is 3.54. The smallest absolute Gasteiger partial charge is 0.356 e. The van der Waals surface area contributed by atoms with Crippen LogP contribution in [-0.4, -0.2) is 22.2 Å². The first-order valence-electron chi connectivity index (χ1n) is 16.3. The summed E-state index contributed by atoms with van der Waals surface area (Å²) >= 11 is 0. The third kappa shape index (κ3) is 5.69. The number of aromatic nitrogens is 1. The largest absolute Gasteiger partial charge is 0.416 e. The van der Waals surface area contributed by atoms with E-state index in [9.17, 15) is 13.2 Å². The quantitative estimate of drug-likeness (QED) is 0.342. The number of fused-ring (bicyclic) bond motifs is 3. The minimum absolute atomic E-state index is 0.0183. The molecule has 1 aromatic carbocycles. The van der Waals surface area contributed by atoms with Gasteiger partial charge in [-0.25, -0.2) is 0 Å². The summed E-state index contributed by atoms with van der Waals surface area (Å²) in [5.74, 6) is 0.393. The fourth-order valence-corrected chi connectivity index (χ4v) is 9.02. The average molecular weight is 618 g/mol. The Bertz CT molecular complexity index is 1350. The highest BCUT2D eigenvalue weighted by Gasteiger charge is 2.52. The van der Waals surface area contributed by atoms with Crippen molar-refractivity contribution >= 4 is 10.3 Å². The Hall–Kier alpha value is -1.57. The number of benzene rings is 1. The highest BCUT2D eigenvalue weighted by Crippen LogP contribution is 2.62. The summed E-state index contributed by atoms with van der Waals surface area (Å²) in [5.41, 5.74) is 5.81. The zero-order chi connectivity index (χ0) is 31.0. The van der Waals surface area contributed by atoms with Gasteiger partial charge in [0.1, 0.15) is 11.7 Å². The molecule has 0 amide bonds. The second kappa shape index (κ2) is 10.8. The topological polar surface area (TPSA) is 31.4 Å². The number of pyridine rings is 1. The van der Waals surface area contributed by atoms with E-state index in [0.717, 1.165) is 68.2 Å². The molecular formula is C36H50F3NO2S. The summed E-state index contributed by atoms with van der Waals surface area (Å²) in [6.07, 6.45) is 11.4. The maximum Gasteiger partial charge on any atom is 0.416 e. The summed E-state index contributed by atoms with van der Waals surface area (Å²) in [7, 11) is -1.42. The van der Waals surface area contributed by atoms with Crippen molar-refractivity contribution in [3.05, 3.63) is 63.5 Å². The highest BCUT2D eigenvalue weighted by atomic mass is 32.3. The van der Waals surface area contributed by atoms with Gasteiger partial charge in [-0.05, 0) is 85.6 Å². The molecule has 1 aromatic heterocycles. The number of alkyl halides is 3. The van der Waals surface area contributed by atoms with Crippen LogP contribution in [0.25, 0.3) is 0 Å². The van der Waals surface area contributed by atoms with Gasteiger partial charge in [0.05, 0.1) is 17.4 Å². The number of ether oxygens (including phenoxy) is 1. The van der Waals surface area contributed by atoms with Crippen molar-refractivity contribution in [3.8, 4) is 0 Å². The van der Waals surface area contributed by atoms with Gasteiger partial charge < -0.3 is 8.92 Å². The minimum Gasteiger partial charge on any atom is -0.356 e. The van der Waals surface area contributed by atoms with Crippen molar-refractivity contribution in [2.75, 3.05) is 12.5 Å². The van der Waals surface area contributed by atoms with Gasteiger partial charge in [-0.2, -0.15) is 13.2 Å². The highest BCUT2D eigenvalue weighted by molar-refractivity contribution is 8.29. The van der Waals surface area contributed by atoms with E-state index >= 15 is 0 Å². The Morgan fingerprint density at radius 1 is 0.884 bits per heavy atom. The standard InChI is InChI=1S/C36H50F3NO2S/c1-33(2,3)43(6,7)42-27-22-34(4,5)21-26-29(27)28(23-13-9-10-14-23)30-31(24-15-17-25(18-16-24)36(37,38)39)41-35(32(30)40-26)19-11-8-12-20-35/h15-18,23,27,31H,8-14,19-22H2,1-7H3. The lowest BCUT2D eigenvalue weighted by atomic mass is 9.70. The van der Waals surface area contributed by atoms with E-state index in [-0.39, 0.29) is 16.3 Å². The Balaban J connectivity index is 1.59. The lowest BCUT2D eigenvalue weighted by Crippen LogP contribution is -2.35. The van der Waals surface area contributed by atoms with Crippen LogP contribution < -0.4 is 0 Å². The molecule has 6 rings (SSSR count). The van der Waals surface area contributed by atoms with Crippen LogP contribution in [0.3, 0.4) is 0 Å². The molecule has 0 N–H and O–H groups in total. The molecule has 2 atom stereocenters. The number of hydrogen-bond acceptors (Lipinski definition) is 3. The fraction of sp³-hybridized carbons (Fsp3) is 0.694. The van der Waals surface area contributed by atoms with Gasteiger partial charge in [-0.3, -0.25) is 4.98 Å². The van der Waals surface area contributed by atoms with Crippen molar-refractivity contribution in [1.29, 1.82) is 0 Å². The predicted octanol–water partition coefficient (Wildman–Crippen LogP) is 10.8. The predicted molar refractivity (Wildman–Crippen MR) is 170 cm³/mol. The van der Waals surface area contributed by atoms with Gasteiger partial charge in [0, 0.05) is 21.6 Å². The van der Waals surface area contributed by atoms with Gasteiger partial charge in [0.2, 0.25) is 0 Å². The minimum atomic E-state index is -4.37. The maximum absolute atomic E-state index is 13.6. The van der Waals surface area contributed by atoms with Crippen molar-refractivity contribution in [2.24, 2.45) is 5.41 Å². The van der Waals surface area contributed by atoms with E-state index in [1.807, 2.05) is 0 Å². The molecule has 3 nitrogen and oxygen atoms in total. The van der Waals surface area contributed by atoms with E-state index in [2.05, 4.69) is 47.1 Å². The summed E-state index contributed by atoms with van der Waals surface area (Å²) in [6, 6.07) is 5.71. The van der Waals surface area contributed by atoms with Crippen molar-refractivity contribution in [2.45, 2.75) is 140 Å². The molecule has 7 heteroatoms. The molecule has 1 aliphatic heterocycles. The first-order chi connectivity index (χ1) is 20.0. The Labute approximate surface area is 258 Å². The second-order valence-corrected chi connectivity index (χ2v) is 19.7. The molecule has 4 aliphatic rings. The molecule has 238 valence electrons. The Kier molecular flexibility index (Phi) is 7.86. The van der Waals surface area contributed by atoms with Crippen LogP contribution in [0.4, 0.5) is 13.2 Å². The molecule has 2 heterocycles. The normalized spacial score (nSPS) is 26.0. The van der Waals surface area contributed by atoms with Crippen LogP contribution in [0.2, 0.25) is 0 Å². The van der Waals surface area contributed by atoms with Crippen LogP contribution in [0.15, 0.2) is 24.3 Å². The fourth-order valence-electron chi connectivity index (χ4n) is 7.99. The lowest BCUT2D eigenvalue weighted by Gasteiger charge is -2.49. The van der Waals surface area contributed by atoms with Crippen LogP contribution in [0.1, 0.15) is 156 Å². The first-order valence-corrected chi connectivity index (χ1v) is 18.7. The Morgan fingerprint density at radius 2 is 1.51 bits per heavy atom. The third-order valence-corrected chi connectivity index (χ3v) is 14.6. The van der Waals surface area contributed by atoms with E-state index in [0.29, 0.717) is 5.92 Å². The van der Waals surface area contributed by atoms with E-state index in [1.54, 1.807) is 12.1 Å². The number of halogens is 3. The SMILES string of the molecule is CC1(C)Cc2nc3c(c(C4CCCC4)c2C(OS(C)(C)C(C)(C)C)C1)C(c1ccc(C(F)(F)F)cc1)OC31CCCCC1. The molecule has 2 fully saturated rings. The van der Waals surface area contributed by atoms with Crippen LogP contribution >= 0.6 is 10.3 Å². The molecule has 2 unspecified atom stereocenters. The van der Waals surface area contributed by atoms with Gasteiger partial charge in [-0.15, -0.1) is 10.3 Å². The summed E-state index contributed by atoms with van der Waals surface area (Å²) in [4.78, 5) is 5.60. The van der Waals surface area contributed by atoms with Gasteiger partial charge >= 0.3 is 6.18 Å². The number of rotatable bonds is 4.